The van der Waals surface area contributed by atoms with Crippen LogP contribution in [0.3, 0.4) is 0 Å². The van der Waals surface area contributed by atoms with Crippen LogP contribution in [0.4, 0.5) is 0 Å². The first-order valence-electron chi connectivity index (χ1n) is 5.58. The van der Waals surface area contributed by atoms with Crippen molar-refractivity contribution in [3.63, 3.8) is 0 Å². The fourth-order valence-corrected chi connectivity index (χ4v) is 1.74. The van der Waals surface area contributed by atoms with Crippen LogP contribution < -0.4 is 5.73 Å². The molecule has 0 amide bonds. The summed E-state index contributed by atoms with van der Waals surface area (Å²) in [5.74, 6) is 1.69. The molecule has 0 saturated carbocycles. The van der Waals surface area contributed by atoms with Crippen LogP contribution in [-0.4, -0.2) is 26.1 Å². The highest BCUT2D eigenvalue weighted by Crippen LogP contribution is 2.20. The van der Waals surface area contributed by atoms with Crippen LogP contribution in [-0.2, 0) is 11.8 Å². The van der Waals surface area contributed by atoms with E-state index in [4.69, 9.17) is 5.73 Å². The molecule has 88 valence electrons. The van der Waals surface area contributed by atoms with E-state index in [0.29, 0.717) is 6.54 Å². The predicted molar refractivity (Wildman–Crippen MR) is 63.5 cm³/mol. The highest BCUT2D eigenvalue weighted by molar-refractivity contribution is 5.35. The number of nitrogens with two attached hydrogens (primary N) is 1. The van der Waals surface area contributed by atoms with Gasteiger partial charge in [-0.25, -0.2) is 9.50 Å². The second-order valence-corrected chi connectivity index (χ2v) is 5.14. The highest BCUT2D eigenvalue weighted by Gasteiger charge is 2.20. The molecule has 0 aromatic carbocycles. The fraction of sp³-hybridized carbons (Fsp3) is 0.636. The maximum atomic E-state index is 5.60. The number of nitrogens with zero attached hydrogens (tertiary/aromatic N) is 3. The number of rotatable bonds is 2. The first-order valence-corrected chi connectivity index (χ1v) is 5.58. The van der Waals surface area contributed by atoms with E-state index < -0.39 is 0 Å². The average Bonchev–Trinajstić information content (AvgIpc) is 2.66. The maximum Gasteiger partial charge on any atom is 0.251 e. The minimum atomic E-state index is 0.00852. The quantitative estimate of drug-likeness (QED) is 0.799. The van der Waals surface area contributed by atoms with Gasteiger partial charge in [-0.15, -0.1) is 0 Å². The Kier molecular flexibility index (Phi) is 2.50. The first kappa shape index (κ1) is 11.1. The van der Waals surface area contributed by atoms with E-state index in [9.17, 15) is 0 Å². The second-order valence-electron chi connectivity index (χ2n) is 5.14. The maximum absolute atomic E-state index is 5.60. The van der Waals surface area contributed by atoms with Crippen molar-refractivity contribution in [3.05, 3.63) is 17.2 Å². The lowest BCUT2D eigenvalue weighted by atomic mass is 9.96. The van der Waals surface area contributed by atoms with Crippen molar-refractivity contribution in [1.82, 2.24) is 19.6 Å². The Morgan fingerprint density at radius 3 is 2.56 bits per heavy atom. The molecule has 5 nitrogen and oxygen atoms in total. The molecule has 2 aromatic rings. The SMILES string of the molecule is Cc1nc2nc(C(C)(C)C)[nH]n2c1CCN. The molecule has 5 heteroatoms. The van der Waals surface area contributed by atoms with E-state index >= 15 is 0 Å². The molecule has 0 aliphatic carbocycles. The molecule has 2 aromatic heterocycles. The summed E-state index contributed by atoms with van der Waals surface area (Å²) in [7, 11) is 0. The Morgan fingerprint density at radius 2 is 2.00 bits per heavy atom. The molecule has 0 atom stereocenters. The first-order chi connectivity index (χ1) is 7.43. The van der Waals surface area contributed by atoms with E-state index in [1.54, 1.807) is 0 Å². The summed E-state index contributed by atoms with van der Waals surface area (Å²) in [6, 6.07) is 0. The van der Waals surface area contributed by atoms with Crippen molar-refractivity contribution in [2.75, 3.05) is 6.54 Å². The zero-order valence-corrected chi connectivity index (χ0v) is 10.3. The van der Waals surface area contributed by atoms with Gasteiger partial charge < -0.3 is 5.73 Å². The van der Waals surface area contributed by atoms with Crippen molar-refractivity contribution >= 4 is 5.78 Å². The number of aryl methyl sites for hydroxylation is 1. The molecule has 0 unspecified atom stereocenters. The normalized spacial score (nSPS) is 12.6. The molecule has 2 heterocycles. The van der Waals surface area contributed by atoms with E-state index in [1.165, 1.54) is 0 Å². The summed E-state index contributed by atoms with van der Waals surface area (Å²) in [5, 5.41) is 3.30. The molecule has 0 saturated heterocycles. The number of hydrogen-bond acceptors (Lipinski definition) is 3. The van der Waals surface area contributed by atoms with E-state index in [1.807, 2.05) is 11.4 Å². The zero-order chi connectivity index (χ0) is 11.9. The Morgan fingerprint density at radius 1 is 1.31 bits per heavy atom. The summed E-state index contributed by atoms with van der Waals surface area (Å²) in [6.07, 6.45) is 0.818. The topological polar surface area (TPSA) is 72.0 Å². The van der Waals surface area contributed by atoms with Crippen molar-refractivity contribution < 1.29 is 0 Å². The molecule has 0 spiro atoms. The van der Waals surface area contributed by atoms with Crippen molar-refractivity contribution in [3.8, 4) is 0 Å². The number of aromatic amines is 1. The standard InChI is InChI=1S/C11H19N5/c1-7-8(5-6-12)16-10(13-7)14-9(15-16)11(2,3)4/h5-6,12H2,1-4H3,(H,13,14,15). The van der Waals surface area contributed by atoms with Gasteiger partial charge in [0.25, 0.3) is 5.78 Å². The van der Waals surface area contributed by atoms with Crippen LogP contribution in [0.15, 0.2) is 0 Å². The van der Waals surface area contributed by atoms with Gasteiger partial charge in [-0.1, -0.05) is 20.8 Å². The lowest BCUT2D eigenvalue weighted by Crippen LogP contribution is -2.14. The van der Waals surface area contributed by atoms with E-state index in [0.717, 1.165) is 29.4 Å². The van der Waals surface area contributed by atoms with Crippen LogP contribution >= 0.6 is 0 Å². The number of aromatic nitrogens is 4. The summed E-state index contributed by atoms with van der Waals surface area (Å²) >= 11 is 0. The minimum absolute atomic E-state index is 0.00852. The van der Waals surface area contributed by atoms with E-state index in [-0.39, 0.29) is 5.41 Å². The Balaban J connectivity index is 2.55. The number of hydrogen-bond donors (Lipinski definition) is 2. The fourth-order valence-electron chi connectivity index (χ4n) is 1.74. The lowest BCUT2D eigenvalue weighted by Gasteiger charge is -2.13. The Hall–Kier alpha value is -1.36. The third-order valence-corrected chi connectivity index (χ3v) is 2.68. The largest absolute Gasteiger partial charge is 0.330 e. The Bertz CT molecular complexity index is 500. The molecular formula is C11H19N5. The van der Waals surface area contributed by atoms with Crippen LogP contribution in [0, 0.1) is 6.92 Å². The van der Waals surface area contributed by atoms with Gasteiger partial charge in [0.2, 0.25) is 0 Å². The molecule has 16 heavy (non-hydrogen) atoms. The molecule has 0 aliphatic heterocycles. The van der Waals surface area contributed by atoms with Crippen LogP contribution in [0.5, 0.6) is 0 Å². The molecule has 0 fully saturated rings. The summed E-state index contributed by atoms with van der Waals surface area (Å²) in [5.41, 5.74) is 7.74. The van der Waals surface area contributed by atoms with Gasteiger partial charge in [0, 0.05) is 11.8 Å². The number of nitrogens with one attached hydrogen (secondary N) is 1. The lowest BCUT2D eigenvalue weighted by molar-refractivity contribution is 0.543. The molecule has 0 radical (unpaired) electrons. The molecular weight excluding hydrogens is 202 g/mol. The predicted octanol–water partition coefficient (Wildman–Crippen LogP) is 1.16. The molecule has 0 bridgehead atoms. The van der Waals surface area contributed by atoms with Gasteiger partial charge in [-0.05, 0) is 13.5 Å². The number of H-pyrrole nitrogens is 1. The zero-order valence-electron chi connectivity index (χ0n) is 10.3. The molecule has 2 rings (SSSR count). The van der Waals surface area contributed by atoms with Crippen molar-refractivity contribution in [2.24, 2.45) is 5.73 Å². The highest BCUT2D eigenvalue weighted by atomic mass is 15.4. The van der Waals surface area contributed by atoms with Gasteiger partial charge >= 0.3 is 0 Å². The third kappa shape index (κ3) is 1.71. The van der Waals surface area contributed by atoms with Gasteiger partial charge in [0.1, 0.15) is 5.82 Å². The van der Waals surface area contributed by atoms with Gasteiger partial charge in [0.15, 0.2) is 0 Å². The number of imidazole rings is 1. The Labute approximate surface area is 95.1 Å². The average molecular weight is 221 g/mol. The molecule has 3 N–H and O–H groups in total. The van der Waals surface area contributed by atoms with Crippen LogP contribution in [0.1, 0.15) is 38.0 Å². The smallest absolute Gasteiger partial charge is 0.251 e. The monoisotopic (exact) mass is 221 g/mol. The summed E-state index contributed by atoms with van der Waals surface area (Å²) < 4.78 is 1.95. The third-order valence-electron chi connectivity index (χ3n) is 2.68. The van der Waals surface area contributed by atoms with Crippen LogP contribution in [0.2, 0.25) is 0 Å². The summed E-state index contributed by atoms with van der Waals surface area (Å²) in [4.78, 5) is 8.93. The number of fused-ring (bicyclic) bond motifs is 1. The van der Waals surface area contributed by atoms with Gasteiger partial charge in [0.05, 0.1) is 11.4 Å². The van der Waals surface area contributed by atoms with Crippen molar-refractivity contribution in [1.29, 1.82) is 0 Å². The molecule has 0 aliphatic rings. The van der Waals surface area contributed by atoms with Gasteiger partial charge in [-0.3, -0.25) is 5.10 Å². The second kappa shape index (κ2) is 3.59. The van der Waals surface area contributed by atoms with Gasteiger partial charge in [-0.2, -0.15) is 4.98 Å². The van der Waals surface area contributed by atoms with Crippen LogP contribution in [0.25, 0.3) is 5.78 Å². The van der Waals surface area contributed by atoms with E-state index in [2.05, 4.69) is 35.8 Å². The van der Waals surface area contributed by atoms with Crippen molar-refractivity contribution in [2.45, 2.75) is 39.5 Å². The summed E-state index contributed by atoms with van der Waals surface area (Å²) in [6.45, 7) is 8.99. The minimum Gasteiger partial charge on any atom is -0.330 e.